The quantitative estimate of drug-likeness (QED) is 0.368. The van der Waals surface area contributed by atoms with Crippen LogP contribution < -0.4 is 21.3 Å². The minimum Gasteiger partial charge on any atom is -0.549 e. The number of hydrogen-bond acceptors (Lipinski definition) is 7. The van der Waals surface area contributed by atoms with Crippen LogP contribution in [0.4, 0.5) is 22.0 Å². The molecule has 0 amide bonds. The van der Waals surface area contributed by atoms with Crippen LogP contribution in [0.1, 0.15) is 37.3 Å². The molecule has 0 aromatic heterocycles. The van der Waals surface area contributed by atoms with Gasteiger partial charge in [0.05, 0.1) is 23.8 Å². The number of nitrogens with one attached hydrogen (secondary N) is 1. The summed E-state index contributed by atoms with van der Waals surface area (Å²) in [5.41, 5.74) is -2.92. The average Bonchev–Trinajstić information content (AvgIpc) is 2.74. The molecule has 1 aromatic carbocycles. The van der Waals surface area contributed by atoms with Crippen molar-refractivity contribution in [2.45, 2.75) is 44.4 Å². The average molecular weight is 515 g/mol. The summed E-state index contributed by atoms with van der Waals surface area (Å²) in [6.45, 7) is 0.0121. The minimum absolute atomic E-state index is 0.00500. The maximum absolute atomic E-state index is 15.2. The van der Waals surface area contributed by atoms with Crippen molar-refractivity contribution in [3.63, 3.8) is 0 Å². The van der Waals surface area contributed by atoms with E-state index < -0.39 is 88.6 Å². The van der Waals surface area contributed by atoms with Crippen LogP contribution in [0.25, 0.3) is 0 Å². The number of aliphatic carboxylic acids is 2. The second kappa shape index (κ2) is 10.3. The lowest BCUT2D eigenvalue weighted by Crippen LogP contribution is -2.74. The molecule has 0 radical (unpaired) electrons. The van der Waals surface area contributed by atoms with Crippen LogP contribution >= 0.6 is 11.6 Å². The number of carboxylic acid groups (broad SMARTS) is 2. The molecule has 0 spiro atoms. The number of carbonyl (C=O) groups is 2. The van der Waals surface area contributed by atoms with Crippen molar-refractivity contribution < 1.29 is 46.5 Å². The van der Waals surface area contributed by atoms with Gasteiger partial charge in [-0.3, -0.25) is 0 Å². The molecule has 13 heteroatoms. The van der Waals surface area contributed by atoms with Gasteiger partial charge in [-0.2, -0.15) is 13.2 Å². The molecule has 1 aliphatic rings. The molecule has 192 valence electrons. The summed E-state index contributed by atoms with van der Waals surface area (Å²) in [6.07, 6.45) is -5.84. The zero-order chi connectivity index (χ0) is 26.1. The molecule has 0 saturated carbocycles. The first-order valence-electron chi connectivity index (χ1n) is 10.3. The van der Waals surface area contributed by atoms with Crippen LogP contribution in [0.15, 0.2) is 12.1 Å². The molecule has 5 unspecified atom stereocenters. The van der Waals surface area contributed by atoms with E-state index in [4.69, 9.17) is 22.1 Å². The maximum Gasteiger partial charge on any atom is 0.418 e. The van der Waals surface area contributed by atoms with Gasteiger partial charge in [0.25, 0.3) is 0 Å². The fraction of sp³-hybridized carbons (Fsp3) is 0.619. The van der Waals surface area contributed by atoms with Crippen molar-refractivity contribution in [1.29, 1.82) is 0 Å². The normalized spacial score (nSPS) is 29.7. The van der Waals surface area contributed by atoms with Crippen LogP contribution in [-0.4, -0.2) is 50.5 Å². The van der Waals surface area contributed by atoms with E-state index >= 15 is 4.39 Å². The zero-order valence-electron chi connectivity index (χ0n) is 18.3. The van der Waals surface area contributed by atoms with Crippen molar-refractivity contribution in [3.8, 4) is 0 Å². The lowest BCUT2D eigenvalue weighted by molar-refractivity contribution is -0.337. The molecule has 7 nitrogen and oxygen atoms in total. The van der Waals surface area contributed by atoms with Crippen molar-refractivity contribution in [2.24, 2.45) is 16.6 Å². The van der Waals surface area contributed by atoms with Gasteiger partial charge < -0.3 is 35.6 Å². The zero-order valence-corrected chi connectivity index (χ0v) is 19.1. The molecule has 1 aliphatic heterocycles. The van der Waals surface area contributed by atoms with Crippen molar-refractivity contribution in [3.05, 3.63) is 34.1 Å². The molecule has 0 aliphatic carbocycles. The van der Waals surface area contributed by atoms with Crippen LogP contribution in [0.3, 0.4) is 0 Å². The van der Waals surface area contributed by atoms with Gasteiger partial charge in [-0.15, -0.1) is 0 Å². The molecule has 1 aromatic rings. The second-order valence-corrected chi connectivity index (χ2v) is 8.70. The predicted octanol–water partition coefficient (Wildman–Crippen LogP) is 0.769. The number of nitrogens with two attached hydrogens (primary N) is 1. The summed E-state index contributed by atoms with van der Waals surface area (Å²) < 4.78 is 76.8. The van der Waals surface area contributed by atoms with Crippen molar-refractivity contribution >= 4 is 23.5 Å². The van der Waals surface area contributed by atoms with E-state index in [9.17, 15) is 37.4 Å². The summed E-state index contributed by atoms with van der Waals surface area (Å²) in [5.74, 6) is -7.94. The number of rotatable bonds is 9. The number of alkyl halides is 4. The van der Waals surface area contributed by atoms with Gasteiger partial charge in [-0.1, -0.05) is 25.4 Å². The molecule has 0 bridgehead atoms. The maximum atomic E-state index is 15.2. The fourth-order valence-corrected chi connectivity index (χ4v) is 5.27. The summed E-state index contributed by atoms with van der Waals surface area (Å²) in [5, 5.41) is 26.5. The third kappa shape index (κ3) is 4.48. The van der Waals surface area contributed by atoms with E-state index in [2.05, 4.69) is 5.32 Å². The number of carbonyl (C=O) groups excluding carboxylic acids is 2. The van der Waals surface area contributed by atoms with Gasteiger partial charge in [0.15, 0.2) is 0 Å². The van der Waals surface area contributed by atoms with Crippen LogP contribution in [-0.2, 0) is 20.5 Å². The molecule has 1 heterocycles. The fourth-order valence-electron chi connectivity index (χ4n) is 5.00. The smallest absolute Gasteiger partial charge is 0.418 e. The van der Waals surface area contributed by atoms with Gasteiger partial charge in [-0.25, -0.2) is 8.78 Å². The Bertz CT molecular complexity index is 934. The highest BCUT2D eigenvalue weighted by atomic mass is 35.5. The number of halogens is 6. The Balaban J connectivity index is 3.04. The topological polar surface area (TPSA) is 128 Å². The van der Waals surface area contributed by atoms with Crippen LogP contribution in [0.5, 0.6) is 0 Å². The first kappa shape index (κ1) is 28.2. The summed E-state index contributed by atoms with van der Waals surface area (Å²) in [7, 11) is 0. The SMILES string of the molecule is CCC1(C(=O)[O-])C(COCCN)NC(CF)C(C)(C(=O)[O-])C1c1c(F)ccc(Cl)c1C(F)(F)F. The standard InChI is InChI=1S/C21H26ClF5N2O5/c1-3-20(18(32)33)13(9-34-7-6-28)29-12(8-23)19(2,17(30)31)16(20)14-11(24)5-4-10(22)15(14)21(25,26)27/h4-5,12-13,16,29H,3,6-9,28H2,1-2H3,(H,30,31)(H,32,33)/p-2. The number of piperidine rings is 1. The molecular formula is C21H24ClF5N2O5-2. The predicted molar refractivity (Wildman–Crippen MR) is 107 cm³/mol. The van der Waals surface area contributed by atoms with Gasteiger partial charge in [-0.05, 0) is 18.6 Å². The molecule has 5 atom stereocenters. The van der Waals surface area contributed by atoms with E-state index in [1.807, 2.05) is 0 Å². The molecule has 34 heavy (non-hydrogen) atoms. The Labute approximate surface area is 197 Å². The van der Waals surface area contributed by atoms with E-state index in [1.165, 1.54) is 6.92 Å². The van der Waals surface area contributed by atoms with Crippen LogP contribution in [0, 0.1) is 16.6 Å². The van der Waals surface area contributed by atoms with E-state index in [1.54, 1.807) is 0 Å². The van der Waals surface area contributed by atoms with Gasteiger partial charge in [0, 0.05) is 52.9 Å². The van der Waals surface area contributed by atoms with E-state index in [-0.39, 0.29) is 13.2 Å². The van der Waals surface area contributed by atoms with Crippen molar-refractivity contribution in [1.82, 2.24) is 5.32 Å². The number of carboxylic acids is 2. The molecule has 3 N–H and O–H groups in total. The Kier molecular flexibility index (Phi) is 8.55. The molecular weight excluding hydrogens is 491 g/mol. The monoisotopic (exact) mass is 514 g/mol. The number of ether oxygens (including phenoxy) is 1. The third-order valence-electron chi connectivity index (χ3n) is 6.68. The summed E-state index contributed by atoms with van der Waals surface area (Å²) in [4.78, 5) is 25.0. The Morgan fingerprint density at radius 2 is 1.85 bits per heavy atom. The van der Waals surface area contributed by atoms with Gasteiger partial charge in [0.2, 0.25) is 0 Å². The highest BCUT2D eigenvalue weighted by molar-refractivity contribution is 6.31. The third-order valence-corrected chi connectivity index (χ3v) is 7.00. The van der Waals surface area contributed by atoms with E-state index in [0.717, 1.165) is 6.92 Å². The van der Waals surface area contributed by atoms with Gasteiger partial charge >= 0.3 is 6.18 Å². The Morgan fingerprint density at radius 1 is 1.24 bits per heavy atom. The summed E-state index contributed by atoms with van der Waals surface area (Å²) >= 11 is 5.76. The Hall–Kier alpha value is -2.02. The minimum atomic E-state index is -5.31. The van der Waals surface area contributed by atoms with Gasteiger partial charge in [0.1, 0.15) is 12.5 Å². The summed E-state index contributed by atoms with van der Waals surface area (Å²) in [6, 6.07) is -2.08. The first-order valence-corrected chi connectivity index (χ1v) is 10.7. The number of hydrogen-bond donors (Lipinski definition) is 2. The van der Waals surface area contributed by atoms with E-state index in [0.29, 0.717) is 12.1 Å². The largest absolute Gasteiger partial charge is 0.549 e. The first-order chi connectivity index (χ1) is 15.7. The second-order valence-electron chi connectivity index (χ2n) is 8.29. The Morgan fingerprint density at radius 3 is 2.29 bits per heavy atom. The molecule has 2 rings (SSSR count). The van der Waals surface area contributed by atoms with Crippen molar-refractivity contribution in [2.75, 3.05) is 26.4 Å². The number of benzene rings is 1. The van der Waals surface area contributed by atoms with Crippen LogP contribution in [0.2, 0.25) is 5.02 Å². The highest BCUT2D eigenvalue weighted by Crippen LogP contribution is 2.59. The highest BCUT2D eigenvalue weighted by Gasteiger charge is 2.63. The molecule has 1 fully saturated rings. The lowest BCUT2D eigenvalue weighted by Gasteiger charge is -2.61. The lowest BCUT2D eigenvalue weighted by atomic mass is 9.50. The molecule has 1 saturated heterocycles.